The molecule has 3 N–H and O–H groups in total. The number of ether oxygens (including phenoxy) is 1. The number of carbonyl (C=O) groups is 4. The van der Waals surface area contributed by atoms with Crippen LogP contribution in [0.2, 0.25) is 5.02 Å². The van der Waals surface area contributed by atoms with Crippen LogP contribution in [-0.2, 0) is 9.59 Å². The number of Topliss-reactive ketones (excluding diaryl/α,β-unsaturated/α-hetero) is 1. The van der Waals surface area contributed by atoms with Gasteiger partial charge in [-0.3, -0.25) is 29.3 Å². The van der Waals surface area contributed by atoms with Crippen molar-refractivity contribution >= 4 is 52.4 Å². The Morgan fingerprint density at radius 1 is 1.16 bits per heavy atom. The number of primary amides is 1. The van der Waals surface area contributed by atoms with Crippen LogP contribution in [0.1, 0.15) is 65.6 Å². The second-order valence-corrected chi connectivity index (χ2v) is 12.6. The molecular formula is C30H31ClN6O5S. The molecule has 3 heterocycles. The highest BCUT2D eigenvalue weighted by atomic mass is 35.5. The summed E-state index contributed by atoms with van der Waals surface area (Å²) in [6.07, 6.45) is 1.27. The molecule has 3 aromatic rings. The number of benzene rings is 2. The van der Waals surface area contributed by atoms with E-state index in [0.29, 0.717) is 35.3 Å². The number of urea groups is 1. The predicted octanol–water partition coefficient (Wildman–Crippen LogP) is 4.13. The molecule has 0 saturated carbocycles. The van der Waals surface area contributed by atoms with Crippen LogP contribution in [0.4, 0.5) is 4.79 Å². The second-order valence-electron chi connectivity index (χ2n) is 11.2. The maximum atomic E-state index is 14.4. The molecule has 0 bridgehead atoms. The summed E-state index contributed by atoms with van der Waals surface area (Å²) in [5.41, 5.74) is 7.77. The van der Waals surface area contributed by atoms with Crippen LogP contribution in [0.5, 0.6) is 5.75 Å². The summed E-state index contributed by atoms with van der Waals surface area (Å²) < 4.78 is 6.32. The summed E-state index contributed by atoms with van der Waals surface area (Å²) in [6, 6.07) is 10.4. The van der Waals surface area contributed by atoms with Crippen molar-refractivity contribution in [3.05, 3.63) is 80.8 Å². The fraction of sp³-hybridized carbons (Fsp3) is 0.333. The van der Waals surface area contributed by atoms with Crippen LogP contribution in [0.25, 0.3) is 0 Å². The highest BCUT2D eigenvalue weighted by molar-refractivity contribution is 7.09. The SMILES string of the molecule is CC(C)(C)Oc1cc(C(=O)CC(N)=O)ccc1C1=N[C@@H](c2cncs2)[C@@H](c2ccc(Cl)cc2)N1C(=O)N1CCNC(=O)C1. The number of halogens is 1. The minimum absolute atomic E-state index is 0.104. The molecule has 1 fully saturated rings. The van der Waals surface area contributed by atoms with Gasteiger partial charge in [0.25, 0.3) is 0 Å². The van der Waals surface area contributed by atoms with Gasteiger partial charge in [-0.15, -0.1) is 11.3 Å². The van der Waals surface area contributed by atoms with Gasteiger partial charge < -0.3 is 20.7 Å². The number of rotatable bonds is 7. The van der Waals surface area contributed by atoms with E-state index in [1.165, 1.54) is 16.2 Å². The Balaban J connectivity index is 1.69. The van der Waals surface area contributed by atoms with Crippen LogP contribution < -0.4 is 15.8 Å². The van der Waals surface area contributed by atoms with E-state index >= 15 is 0 Å². The molecule has 2 aliphatic rings. The molecule has 2 aromatic carbocycles. The van der Waals surface area contributed by atoms with E-state index in [1.807, 2.05) is 32.9 Å². The molecule has 0 unspecified atom stereocenters. The highest BCUT2D eigenvalue weighted by Crippen LogP contribution is 2.46. The van der Waals surface area contributed by atoms with E-state index in [0.717, 1.165) is 10.4 Å². The van der Waals surface area contributed by atoms with Crippen molar-refractivity contribution in [1.82, 2.24) is 20.1 Å². The third kappa shape index (κ3) is 6.70. The first-order valence-electron chi connectivity index (χ1n) is 13.6. The second kappa shape index (κ2) is 12.1. The Bertz CT molecular complexity index is 1590. The van der Waals surface area contributed by atoms with Crippen molar-refractivity contribution in [2.75, 3.05) is 19.6 Å². The van der Waals surface area contributed by atoms with Gasteiger partial charge in [-0.25, -0.2) is 4.79 Å². The van der Waals surface area contributed by atoms with Crippen molar-refractivity contribution in [2.24, 2.45) is 10.7 Å². The van der Waals surface area contributed by atoms with Crippen molar-refractivity contribution in [2.45, 2.75) is 44.9 Å². The fourth-order valence-corrected chi connectivity index (χ4v) is 5.85. The fourth-order valence-electron chi connectivity index (χ4n) is 5.04. The summed E-state index contributed by atoms with van der Waals surface area (Å²) in [7, 11) is 0. The number of nitrogens with zero attached hydrogens (tertiary/aromatic N) is 4. The van der Waals surface area contributed by atoms with E-state index in [9.17, 15) is 19.2 Å². The Kier molecular flexibility index (Phi) is 8.52. The number of hydrogen-bond donors (Lipinski definition) is 2. The van der Waals surface area contributed by atoms with Gasteiger partial charge >= 0.3 is 6.03 Å². The third-order valence-electron chi connectivity index (χ3n) is 6.83. The molecule has 0 radical (unpaired) electrons. The molecular weight excluding hydrogens is 592 g/mol. The van der Waals surface area contributed by atoms with Gasteiger partial charge in [0.2, 0.25) is 11.8 Å². The lowest BCUT2D eigenvalue weighted by Gasteiger charge is -2.36. The molecule has 13 heteroatoms. The molecule has 0 spiro atoms. The Morgan fingerprint density at radius 3 is 2.53 bits per heavy atom. The monoisotopic (exact) mass is 622 g/mol. The van der Waals surface area contributed by atoms with E-state index in [-0.39, 0.29) is 18.0 Å². The van der Waals surface area contributed by atoms with Gasteiger partial charge in [-0.1, -0.05) is 29.8 Å². The number of nitrogens with one attached hydrogen (secondary N) is 1. The first-order valence-corrected chi connectivity index (χ1v) is 14.9. The quantitative estimate of drug-likeness (QED) is 0.299. The summed E-state index contributed by atoms with van der Waals surface area (Å²) in [5, 5.41) is 3.30. The number of amides is 4. The molecule has 5 rings (SSSR count). The molecule has 1 aromatic heterocycles. The zero-order chi connectivity index (χ0) is 30.9. The van der Waals surface area contributed by atoms with E-state index < -0.39 is 41.8 Å². The summed E-state index contributed by atoms with van der Waals surface area (Å²) in [5.74, 6) is -0.848. The van der Waals surface area contributed by atoms with Gasteiger partial charge in [0.1, 0.15) is 29.8 Å². The lowest BCUT2D eigenvalue weighted by Crippen LogP contribution is -2.55. The maximum absolute atomic E-state index is 14.4. The third-order valence-corrected chi connectivity index (χ3v) is 7.93. The minimum atomic E-state index is -0.743. The number of carbonyl (C=O) groups excluding carboxylic acids is 4. The number of hydrogen-bond acceptors (Lipinski definition) is 8. The molecule has 43 heavy (non-hydrogen) atoms. The van der Waals surface area contributed by atoms with Crippen molar-refractivity contribution in [3.8, 4) is 5.75 Å². The number of aromatic nitrogens is 1. The largest absolute Gasteiger partial charge is 0.487 e. The number of piperazine rings is 1. The van der Waals surface area contributed by atoms with Gasteiger partial charge in [0.05, 0.1) is 28.4 Å². The average molecular weight is 623 g/mol. The Labute approximate surface area is 257 Å². The summed E-state index contributed by atoms with van der Waals surface area (Å²) >= 11 is 7.64. The molecule has 224 valence electrons. The lowest BCUT2D eigenvalue weighted by atomic mass is 9.98. The van der Waals surface area contributed by atoms with Crippen LogP contribution in [0.15, 0.2) is 59.2 Å². The van der Waals surface area contributed by atoms with Crippen LogP contribution in [0, 0.1) is 0 Å². The average Bonchev–Trinajstić information content (AvgIpc) is 3.60. The molecule has 11 nitrogen and oxygen atoms in total. The predicted molar refractivity (Wildman–Crippen MR) is 162 cm³/mol. The summed E-state index contributed by atoms with van der Waals surface area (Å²) in [6.45, 7) is 6.11. The number of ketones is 1. The van der Waals surface area contributed by atoms with E-state index in [1.54, 1.807) is 46.9 Å². The van der Waals surface area contributed by atoms with E-state index in [2.05, 4.69) is 10.3 Å². The zero-order valence-electron chi connectivity index (χ0n) is 23.9. The molecule has 1 saturated heterocycles. The first kappa shape index (κ1) is 30.2. The van der Waals surface area contributed by atoms with Crippen molar-refractivity contribution in [1.29, 1.82) is 0 Å². The van der Waals surface area contributed by atoms with Crippen molar-refractivity contribution < 1.29 is 23.9 Å². The van der Waals surface area contributed by atoms with Gasteiger partial charge in [0.15, 0.2) is 5.78 Å². The lowest BCUT2D eigenvalue weighted by molar-refractivity contribution is -0.123. The van der Waals surface area contributed by atoms with Gasteiger partial charge in [-0.05, 0) is 50.6 Å². The maximum Gasteiger partial charge on any atom is 0.326 e. The van der Waals surface area contributed by atoms with Crippen LogP contribution in [0.3, 0.4) is 0 Å². The topological polar surface area (TPSA) is 147 Å². The zero-order valence-corrected chi connectivity index (χ0v) is 25.4. The molecule has 4 amide bonds. The van der Waals surface area contributed by atoms with E-state index in [4.69, 9.17) is 27.1 Å². The van der Waals surface area contributed by atoms with Gasteiger partial charge in [0, 0.05) is 29.9 Å². The molecule has 2 aliphatic heterocycles. The minimum Gasteiger partial charge on any atom is -0.487 e. The number of thiazole rings is 1. The standard InChI is InChI=1S/C30H31ClN6O5S/c1-30(2,3)42-22-12-18(21(38)13-24(32)39)6-9-20(22)28-35-26(23-14-33-16-43-23)27(17-4-7-19(31)8-5-17)37(28)29(41)36-11-10-34-25(40)15-36/h4-9,12,14,16,26-27H,10-11,13,15H2,1-3H3,(H2,32,39)(H,34,40)/t26-,27+/m0/s1. The van der Waals surface area contributed by atoms with Crippen LogP contribution >= 0.6 is 22.9 Å². The Hall–Kier alpha value is -4.29. The molecule has 0 aliphatic carbocycles. The number of nitrogens with two attached hydrogens (primary N) is 1. The normalized spacial score (nSPS) is 18.7. The number of amidine groups is 1. The van der Waals surface area contributed by atoms with Gasteiger partial charge in [-0.2, -0.15) is 0 Å². The van der Waals surface area contributed by atoms with Crippen molar-refractivity contribution in [3.63, 3.8) is 0 Å². The highest BCUT2D eigenvalue weighted by Gasteiger charge is 2.45. The van der Waals surface area contributed by atoms with Crippen LogP contribution in [-0.4, -0.2) is 69.5 Å². The number of aliphatic imine (C=N–C) groups is 1. The first-order chi connectivity index (χ1) is 20.4. The smallest absolute Gasteiger partial charge is 0.326 e. The Morgan fingerprint density at radius 2 is 1.91 bits per heavy atom. The molecule has 2 atom stereocenters. The summed E-state index contributed by atoms with van der Waals surface area (Å²) in [4.78, 5) is 64.2.